The molecule has 1 atom stereocenters. The van der Waals surface area contributed by atoms with Crippen molar-refractivity contribution in [2.45, 2.75) is 89.1 Å². The van der Waals surface area contributed by atoms with Crippen LogP contribution in [0.15, 0.2) is 66.7 Å². The van der Waals surface area contributed by atoms with Crippen LogP contribution in [0, 0.1) is 5.92 Å². The van der Waals surface area contributed by atoms with E-state index in [0.29, 0.717) is 31.8 Å². The third-order valence-corrected chi connectivity index (χ3v) is 8.92. The van der Waals surface area contributed by atoms with Crippen molar-refractivity contribution < 1.29 is 19.4 Å². The number of anilines is 1. The molecule has 1 saturated carbocycles. The highest BCUT2D eigenvalue weighted by Crippen LogP contribution is 2.45. The number of hydrogen-bond acceptors (Lipinski definition) is 4. The first-order valence-corrected chi connectivity index (χ1v) is 15.3. The molecular formula is C36H45NO4. The maximum Gasteiger partial charge on any atom is 0.225 e. The van der Waals surface area contributed by atoms with Gasteiger partial charge in [0, 0.05) is 41.7 Å². The molecule has 5 nitrogen and oxygen atoms in total. The topological polar surface area (TPSA) is 67.8 Å². The van der Waals surface area contributed by atoms with Gasteiger partial charge in [-0.1, -0.05) is 101 Å². The van der Waals surface area contributed by atoms with E-state index in [1.165, 1.54) is 32.1 Å². The molecule has 5 heteroatoms. The van der Waals surface area contributed by atoms with Crippen molar-refractivity contribution in [3.8, 4) is 11.5 Å². The van der Waals surface area contributed by atoms with Gasteiger partial charge in [0.1, 0.15) is 11.5 Å². The van der Waals surface area contributed by atoms with Gasteiger partial charge in [0.25, 0.3) is 0 Å². The molecule has 2 N–H and O–H groups in total. The fourth-order valence-electron chi connectivity index (χ4n) is 6.81. The summed E-state index contributed by atoms with van der Waals surface area (Å²) in [4.78, 5) is 13.9. The lowest BCUT2D eigenvalue weighted by Crippen LogP contribution is -2.27. The second-order valence-corrected chi connectivity index (χ2v) is 12.6. The highest BCUT2D eigenvalue weighted by Gasteiger charge is 2.31. The number of aryl methyl sites for hydroxylation is 1. The van der Waals surface area contributed by atoms with Gasteiger partial charge in [-0.3, -0.25) is 4.79 Å². The van der Waals surface area contributed by atoms with Crippen LogP contribution in [0.3, 0.4) is 0 Å². The number of rotatable bonds is 11. The number of carbonyl (C=O) groups is 1. The number of nitrogens with one attached hydrogen (secondary N) is 1. The highest BCUT2D eigenvalue weighted by molar-refractivity contribution is 5.93. The number of hydrogen-bond donors (Lipinski definition) is 2. The summed E-state index contributed by atoms with van der Waals surface area (Å²) in [5.74, 6) is 2.11. The van der Waals surface area contributed by atoms with Gasteiger partial charge in [0.15, 0.2) is 0 Å². The molecule has 0 spiro atoms. The third-order valence-electron chi connectivity index (χ3n) is 8.92. The molecule has 0 radical (unpaired) electrons. The average molecular weight is 556 g/mol. The molecule has 1 amide bonds. The number of amides is 1. The summed E-state index contributed by atoms with van der Waals surface area (Å²) in [6, 6.07) is 22.2. The quantitative estimate of drug-likeness (QED) is 0.251. The Morgan fingerprint density at radius 2 is 1.63 bits per heavy atom. The standard InChI is InChI=1S/C36H45NO4/c1-36(2,24-40-3)31-17-11-14-26(20-21-27(38)22-25-12-5-4-6-13-25)35(31)37-34(39)23-30-28-15-7-9-18-32(28)41-33-19-10-8-16-29(30)33/h7-11,14-19,25,27,30,38H,4-6,12-13,20-24H2,1-3H3,(H,37,39). The largest absolute Gasteiger partial charge is 0.457 e. The maximum atomic E-state index is 13.9. The van der Waals surface area contributed by atoms with Crippen molar-refractivity contribution in [3.63, 3.8) is 0 Å². The predicted molar refractivity (Wildman–Crippen MR) is 165 cm³/mol. The van der Waals surface area contributed by atoms with Crippen LogP contribution in [0.4, 0.5) is 5.69 Å². The molecule has 41 heavy (non-hydrogen) atoms. The van der Waals surface area contributed by atoms with Gasteiger partial charge in [-0.05, 0) is 48.4 Å². The van der Waals surface area contributed by atoms with E-state index in [1.54, 1.807) is 7.11 Å². The Labute approximate surface area is 245 Å². The highest BCUT2D eigenvalue weighted by atomic mass is 16.5. The number of methoxy groups -OCH3 is 1. The molecule has 1 aliphatic heterocycles. The first-order chi connectivity index (χ1) is 19.9. The molecule has 1 unspecified atom stereocenters. The summed E-state index contributed by atoms with van der Waals surface area (Å²) in [6.45, 7) is 4.83. The Morgan fingerprint density at radius 1 is 0.976 bits per heavy atom. The van der Waals surface area contributed by atoms with Crippen LogP contribution < -0.4 is 10.1 Å². The van der Waals surface area contributed by atoms with Gasteiger partial charge in [-0.25, -0.2) is 0 Å². The van der Waals surface area contributed by atoms with Crippen molar-refractivity contribution in [2.24, 2.45) is 5.92 Å². The van der Waals surface area contributed by atoms with Crippen LogP contribution in [0.5, 0.6) is 11.5 Å². The molecule has 3 aromatic rings. The van der Waals surface area contributed by atoms with Crippen LogP contribution in [0.1, 0.15) is 93.4 Å². The number of carbonyl (C=O) groups excluding carboxylic acids is 1. The molecule has 1 fully saturated rings. The minimum atomic E-state index is -0.326. The van der Waals surface area contributed by atoms with Gasteiger partial charge in [0.05, 0.1) is 12.7 Å². The zero-order valence-corrected chi connectivity index (χ0v) is 24.8. The molecule has 1 aliphatic carbocycles. The zero-order chi connectivity index (χ0) is 28.8. The Kier molecular flexibility index (Phi) is 9.46. The minimum Gasteiger partial charge on any atom is -0.457 e. The van der Waals surface area contributed by atoms with Gasteiger partial charge in [-0.2, -0.15) is 0 Å². The number of para-hydroxylation sites is 3. The predicted octanol–water partition coefficient (Wildman–Crippen LogP) is 8.14. The fraction of sp³-hybridized carbons (Fsp3) is 0.472. The normalized spacial score (nSPS) is 16.4. The lowest BCUT2D eigenvalue weighted by Gasteiger charge is -2.30. The SMILES string of the molecule is COCC(C)(C)c1cccc(CCC(O)CC2CCCCC2)c1NC(=O)CC1c2ccccc2Oc2ccccc21. The third kappa shape index (κ3) is 7.02. The zero-order valence-electron chi connectivity index (χ0n) is 24.8. The van der Waals surface area contributed by atoms with E-state index in [-0.39, 0.29) is 23.3 Å². The second kappa shape index (κ2) is 13.2. The number of benzene rings is 3. The van der Waals surface area contributed by atoms with Crippen molar-refractivity contribution >= 4 is 11.6 Å². The van der Waals surface area contributed by atoms with Crippen molar-refractivity contribution in [2.75, 3.05) is 19.0 Å². The molecule has 0 saturated heterocycles. The fourth-order valence-corrected chi connectivity index (χ4v) is 6.81. The van der Waals surface area contributed by atoms with Crippen molar-refractivity contribution in [1.82, 2.24) is 0 Å². The summed E-state index contributed by atoms with van der Waals surface area (Å²) in [5.41, 5.74) is 4.74. The summed E-state index contributed by atoms with van der Waals surface area (Å²) in [5, 5.41) is 14.3. The monoisotopic (exact) mass is 555 g/mol. The van der Waals surface area contributed by atoms with Gasteiger partial charge in [-0.15, -0.1) is 0 Å². The number of aliphatic hydroxyl groups is 1. The Balaban J connectivity index is 1.38. The van der Waals surface area contributed by atoms with Gasteiger partial charge < -0.3 is 19.9 Å². The smallest absolute Gasteiger partial charge is 0.225 e. The van der Waals surface area contributed by atoms with Crippen molar-refractivity contribution in [3.05, 3.63) is 89.0 Å². The van der Waals surface area contributed by atoms with Crippen molar-refractivity contribution in [1.29, 1.82) is 0 Å². The first kappa shape index (κ1) is 29.3. The second-order valence-electron chi connectivity index (χ2n) is 12.6. The molecule has 2 aliphatic rings. The van der Waals surface area contributed by atoms with Crippen LogP contribution in [0.2, 0.25) is 0 Å². The number of ether oxygens (including phenoxy) is 2. The van der Waals surface area contributed by atoms with E-state index < -0.39 is 0 Å². The first-order valence-electron chi connectivity index (χ1n) is 15.3. The van der Waals surface area contributed by atoms with Crippen LogP contribution >= 0.6 is 0 Å². The Bertz CT molecular complexity index is 1280. The summed E-state index contributed by atoms with van der Waals surface area (Å²) < 4.78 is 11.7. The number of fused-ring (bicyclic) bond motifs is 2. The van der Waals surface area contributed by atoms with E-state index >= 15 is 0 Å². The molecule has 1 heterocycles. The van der Waals surface area contributed by atoms with E-state index in [1.807, 2.05) is 36.4 Å². The Morgan fingerprint density at radius 3 is 2.29 bits per heavy atom. The van der Waals surface area contributed by atoms with E-state index in [0.717, 1.165) is 45.9 Å². The lowest BCUT2D eigenvalue weighted by molar-refractivity contribution is -0.116. The van der Waals surface area contributed by atoms with Gasteiger partial charge >= 0.3 is 0 Å². The molecular weight excluding hydrogens is 510 g/mol. The molecule has 3 aromatic carbocycles. The summed E-state index contributed by atoms with van der Waals surface area (Å²) >= 11 is 0. The Hall–Kier alpha value is -3.15. The maximum absolute atomic E-state index is 13.9. The molecule has 218 valence electrons. The van der Waals surface area contributed by atoms with Crippen LogP contribution in [0.25, 0.3) is 0 Å². The lowest BCUT2D eigenvalue weighted by atomic mass is 9.81. The minimum absolute atomic E-state index is 0.0359. The summed E-state index contributed by atoms with van der Waals surface area (Å²) in [7, 11) is 1.71. The van der Waals surface area contributed by atoms with Gasteiger partial charge in [0.2, 0.25) is 5.91 Å². The molecule has 0 aromatic heterocycles. The molecule has 0 bridgehead atoms. The van der Waals surface area contributed by atoms with Crippen LogP contribution in [-0.4, -0.2) is 30.8 Å². The average Bonchev–Trinajstić information content (AvgIpc) is 2.97. The number of aliphatic hydroxyl groups excluding tert-OH is 1. The van der Waals surface area contributed by atoms with E-state index in [9.17, 15) is 9.90 Å². The van der Waals surface area contributed by atoms with E-state index in [4.69, 9.17) is 9.47 Å². The summed E-state index contributed by atoms with van der Waals surface area (Å²) in [6.07, 6.45) is 8.61. The van der Waals surface area contributed by atoms with Crippen LogP contribution in [-0.2, 0) is 21.4 Å². The van der Waals surface area contributed by atoms with E-state index in [2.05, 4.69) is 49.5 Å². The molecule has 5 rings (SSSR count).